The molecule has 126 valence electrons. The molecule has 1 N–H and O–H groups in total. The summed E-state index contributed by atoms with van der Waals surface area (Å²) in [6, 6.07) is 27.5. The summed E-state index contributed by atoms with van der Waals surface area (Å²) in [5.41, 5.74) is 3.08. The molecule has 0 saturated heterocycles. The number of hydrogen-bond donors (Lipinski definition) is 1. The number of hydrogen-bond acceptors (Lipinski definition) is 2. The highest BCUT2D eigenvalue weighted by Crippen LogP contribution is 2.45. The lowest BCUT2D eigenvalue weighted by molar-refractivity contribution is 0.592. The second kappa shape index (κ2) is 7.55. The van der Waals surface area contributed by atoms with Crippen molar-refractivity contribution in [2.75, 3.05) is 5.32 Å². The van der Waals surface area contributed by atoms with E-state index in [9.17, 15) is 4.57 Å². The smallest absolute Gasteiger partial charge is 0.165 e. The summed E-state index contributed by atoms with van der Waals surface area (Å²) in [7, 11) is -2.85. The van der Waals surface area contributed by atoms with E-state index >= 15 is 0 Å². The SMILES string of the molecule is C/C(=C\P(=O)(c1ccccc1)c1ccccc1)Nc1ccc(C)cc1. The van der Waals surface area contributed by atoms with Gasteiger partial charge in [-0.05, 0) is 26.0 Å². The molecule has 0 aliphatic carbocycles. The maximum atomic E-state index is 14.0. The Bertz CT molecular complexity index is 856. The molecule has 0 spiro atoms. The molecular weight excluding hydrogens is 325 g/mol. The van der Waals surface area contributed by atoms with Crippen LogP contribution in [0, 0.1) is 6.92 Å². The monoisotopic (exact) mass is 347 g/mol. The van der Waals surface area contributed by atoms with Crippen molar-refractivity contribution in [1.29, 1.82) is 0 Å². The molecule has 0 amide bonds. The van der Waals surface area contributed by atoms with Crippen LogP contribution in [0.25, 0.3) is 0 Å². The fourth-order valence-electron chi connectivity index (χ4n) is 2.77. The summed E-state index contributed by atoms with van der Waals surface area (Å²) >= 11 is 0. The molecule has 0 atom stereocenters. The highest BCUT2D eigenvalue weighted by atomic mass is 31.2. The topological polar surface area (TPSA) is 29.1 Å². The minimum absolute atomic E-state index is 0.839. The molecule has 3 rings (SSSR count). The van der Waals surface area contributed by atoms with Crippen molar-refractivity contribution in [3.05, 3.63) is 102 Å². The molecule has 0 aromatic heterocycles. The van der Waals surface area contributed by atoms with Crippen LogP contribution in [0.5, 0.6) is 0 Å². The molecule has 3 aromatic carbocycles. The van der Waals surface area contributed by atoms with Gasteiger partial charge in [-0.25, -0.2) is 0 Å². The molecule has 0 aliphatic heterocycles. The minimum atomic E-state index is -2.85. The predicted octanol–water partition coefficient (Wildman–Crippen LogP) is 5.28. The number of rotatable bonds is 5. The standard InChI is InChI=1S/C22H22NOP/c1-18-13-15-20(16-14-18)23-19(2)17-25(24,21-9-5-3-6-10-21)22-11-7-4-8-12-22/h3-17,23H,1-2H3/b19-17+. The zero-order valence-corrected chi connectivity index (χ0v) is 15.4. The van der Waals surface area contributed by atoms with Crippen molar-refractivity contribution >= 4 is 23.4 Å². The Hall–Kier alpha value is -2.57. The summed E-state index contributed by atoms with van der Waals surface area (Å²) in [6.45, 7) is 4.02. The van der Waals surface area contributed by atoms with Gasteiger partial charge < -0.3 is 9.88 Å². The second-order valence-corrected chi connectivity index (χ2v) is 8.74. The van der Waals surface area contributed by atoms with E-state index in [1.54, 1.807) is 0 Å². The van der Waals surface area contributed by atoms with Gasteiger partial charge in [-0.15, -0.1) is 0 Å². The third-order valence-electron chi connectivity index (χ3n) is 4.05. The van der Waals surface area contributed by atoms with Gasteiger partial charge in [-0.2, -0.15) is 0 Å². The predicted molar refractivity (Wildman–Crippen MR) is 108 cm³/mol. The number of aryl methyl sites for hydroxylation is 1. The molecule has 3 aromatic rings. The Kier molecular flexibility index (Phi) is 5.21. The molecule has 0 aliphatic rings. The third kappa shape index (κ3) is 4.10. The van der Waals surface area contributed by atoms with Crippen molar-refractivity contribution in [2.24, 2.45) is 0 Å². The minimum Gasteiger partial charge on any atom is -0.359 e. The molecule has 0 fully saturated rings. The zero-order valence-electron chi connectivity index (χ0n) is 14.5. The molecule has 0 heterocycles. The number of nitrogens with one attached hydrogen (secondary N) is 1. The maximum Gasteiger partial charge on any atom is 0.165 e. The Balaban J connectivity index is 2.00. The van der Waals surface area contributed by atoms with E-state index in [4.69, 9.17) is 0 Å². The number of anilines is 1. The van der Waals surface area contributed by atoms with E-state index in [-0.39, 0.29) is 0 Å². The van der Waals surface area contributed by atoms with Crippen LogP contribution in [0.2, 0.25) is 0 Å². The molecule has 0 radical (unpaired) electrons. The van der Waals surface area contributed by atoms with E-state index in [0.29, 0.717) is 0 Å². The van der Waals surface area contributed by atoms with Crippen molar-refractivity contribution in [3.63, 3.8) is 0 Å². The van der Waals surface area contributed by atoms with Crippen LogP contribution >= 0.6 is 7.14 Å². The van der Waals surface area contributed by atoms with Crippen LogP contribution in [0.3, 0.4) is 0 Å². The largest absolute Gasteiger partial charge is 0.359 e. The van der Waals surface area contributed by atoms with Crippen LogP contribution in [-0.2, 0) is 4.57 Å². The van der Waals surface area contributed by atoms with Gasteiger partial charge in [0.1, 0.15) is 0 Å². The first-order valence-electron chi connectivity index (χ1n) is 8.32. The van der Waals surface area contributed by atoms with Crippen LogP contribution < -0.4 is 15.9 Å². The summed E-state index contributed by atoms with van der Waals surface area (Å²) < 4.78 is 14.0. The van der Waals surface area contributed by atoms with E-state index in [1.165, 1.54) is 5.56 Å². The van der Waals surface area contributed by atoms with Crippen LogP contribution in [-0.4, -0.2) is 0 Å². The van der Waals surface area contributed by atoms with Crippen molar-refractivity contribution in [3.8, 4) is 0 Å². The molecule has 25 heavy (non-hydrogen) atoms. The molecule has 0 saturated carbocycles. The first-order chi connectivity index (χ1) is 12.1. The first-order valence-corrected chi connectivity index (χ1v) is 10.1. The lowest BCUT2D eigenvalue weighted by Crippen LogP contribution is -2.15. The third-order valence-corrected chi connectivity index (χ3v) is 6.93. The highest BCUT2D eigenvalue weighted by molar-refractivity contribution is 7.81. The first kappa shape index (κ1) is 17.3. The summed E-state index contributed by atoms with van der Waals surface area (Å²) in [6.07, 6.45) is 0. The van der Waals surface area contributed by atoms with Crippen molar-refractivity contribution in [2.45, 2.75) is 13.8 Å². The van der Waals surface area contributed by atoms with E-state index in [0.717, 1.165) is 22.0 Å². The van der Waals surface area contributed by atoms with Gasteiger partial charge in [0.25, 0.3) is 0 Å². The lowest BCUT2D eigenvalue weighted by Gasteiger charge is -2.17. The van der Waals surface area contributed by atoms with Gasteiger partial charge in [0, 0.05) is 27.8 Å². The molecule has 0 bridgehead atoms. The molecule has 0 unspecified atom stereocenters. The summed E-state index contributed by atoms with van der Waals surface area (Å²) in [4.78, 5) is 0. The Morgan fingerprint density at radius 3 is 1.76 bits per heavy atom. The zero-order chi connectivity index (χ0) is 17.7. The number of benzene rings is 3. The van der Waals surface area contributed by atoms with Crippen molar-refractivity contribution in [1.82, 2.24) is 0 Å². The van der Waals surface area contributed by atoms with Crippen LogP contribution in [0.15, 0.2) is 96.4 Å². The normalized spacial score (nSPS) is 12.0. The quantitative estimate of drug-likeness (QED) is 0.636. The fraction of sp³-hybridized carbons (Fsp3) is 0.0909. The maximum absolute atomic E-state index is 14.0. The van der Waals surface area contributed by atoms with Gasteiger partial charge in [0.15, 0.2) is 7.14 Å². The Morgan fingerprint density at radius 1 is 0.800 bits per heavy atom. The Labute approximate surface area is 149 Å². The van der Waals surface area contributed by atoms with E-state index in [1.807, 2.05) is 85.5 Å². The van der Waals surface area contributed by atoms with Gasteiger partial charge >= 0.3 is 0 Å². The summed E-state index contributed by atoms with van der Waals surface area (Å²) in [5.74, 6) is 1.87. The van der Waals surface area contributed by atoms with Gasteiger partial charge in [0.2, 0.25) is 0 Å². The molecule has 2 nitrogen and oxygen atoms in total. The average molecular weight is 347 g/mol. The fourth-order valence-corrected chi connectivity index (χ4v) is 5.20. The van der Waals surface area contributed by atoms with Crippen molar-refractivity contribution < 1.29 is 4.57 Å². The van der Waals surface area contributed by atoms with E-state index in [2.05, 4.69) is 24.4 Å². The van der Waals surface area contributed by atoms with Crippen LogP contribution in [0.4, 0.5) is 5.69 Å². The second-order valence-electron chi connectivity index (χ2n) is 6.13. The molecule has 3 heteroatoms. The highest BCUT2D eigenvalue weighted by Gasteiger charge is 2.24. The average Bonchev–Trinajstić information content (AvgIpc) is 2.65. The van der Waals surface area contributed by atoms with Gasteiger partial charge in [-0.3, -0.25) is 0 Å². The van der Waals surface area contributed by atoms with E-state index < -0.39 is 7.14 Å². The van der Waals surface area contributed by atoms with Gasteiger partial charge in [-0.1, -0.05) is 78.4 Å². The van der Waals surface area contributed by atoms with Gasteiger partial charge in [0.05, 0.1) is 0 Å². The Morgan fingerprint density at radius 2 is 1.28 bits per heavy atom. The molecular formula is C22H22NOP. The lowest BCUT2D eigenvalue weighted by atomic mass is 10.2. The van der Waals surface area contributed by atoms with Crippen LogP contribution in [0.1, 0.15) is 12.5 Å². The summed E-state index contributed by atoms with van der Waals surface area (Å²) in [5, 5.41) is 5.03. The number of allylic oxidation sites excluding steroid dienone is 1.